The van der Waals surface area contributed by atoms with E-state index in [1.165, 1.54) is 19.3 Å². The van der Waals surface area contributed by atoms with E-state index in [4.69, 9.17) is 9.47 Å². The van der Waals surface area contributed by atoms with E-state index in [9.17, 15) is 4.79 Å². The number of halogens is 1. The van der Waals surface area contributed by atoms with E-state index in [-0.39, 0.29) is 24.5 Å². The molecule has 118 valence electrons. The fourth-order valence-corrected chi connectivity index (χ4v) is 2.60. The van der Waals surface area contributed by atoms with Gasteiger partial charge in [-0.15, -0.1) is 12.4 Å². The van der Waals surface area contributed by atoms with E-state index in [0.717, 1.165) is 19.6 Å². The summed E-state index contributed by atoms with van der Waals surface area (Å²) in [5.41, 5.74) is 0.487. The maximum Gasteiger partial charge on any atom is 0.342 e. The van der Waals surface area contributed by atoms with Crippen molar-refractivity contribution in [1.82, 2.24) is 4.90 Å². The average Bonchev–Trinajstić information content (AvgIpc) is 2.48. The quantitative estimate of drug-likeness (QED) is 0.783. The molecule has 5 heteroatoms. The lowest BCUT2D eigenvalue weighted by atomic mass is 10.1. The summed E-state index contributed by atoms with van der Waals surface area (Å²) in [7, 11) is 1.56. The van der Waals surface area contributed by atoms with Crippen molar-refractivity contribution in [3.05, 3.63) is 29.8 Å². The molecular weight excluding hydrogens is 290 g/mol. The Bertz CT molecular complexity index is 447. The van der Waals surface area contributed by atoms with Crippen molar-refractivity contribution in [2.75, 3.05) is 26.7 Å². The van der Waals surface area contributed by atoms with Crippen LogP contribution in [0.15, 0.2) is 24.3 Å². The van der Waals surface area contributed by atoms with Crippen molar-refractivity contribution >= 4 is 18.4 Å². The van der Waals surface area contributed by atoms with Gasteiger partial charge in [0.15, 0.2) is 0 Å². The van der Waals surface area contributed by atoms with Gasteiger partial charge in [-0.25, -0.2) is 4.79 Å². The van der Waals surface area contributed by atoms with Crippen LogP contribution in [0.1, 0.15) is 36.5 Å². The SMILES string of the molecule is COc1ccccc1C(=O)OC(C)CN1CCCCC1.Cl. The van der Waals surface area contributed by atoms with Gasteiger partial charge in [-0.05, 0) is 45.0 Å². The summed E-state index contributed by atoms with van der Waals surface area (Å²) in [4.78, 5) is 14.5. The fraction of sp³-hybridized carbons (Fsp3) is 0.562. The highest BCUT2D eigenvalue weighted by molar-refractivity contribution is 5.92. The van der Waals surface area contributed by atoms with E-state index in [1.54, 1.807) is 19.2 Å². The molecule has 0 saturated carbocycles. The number of para-hydroxylation sites is 1. The minimum atomic E-state index is -0.313. The van der Waals surface area contributed by atoms with Crippen LogP contribution in [0.4, 0.5) is 0 Å². The van der Waals surface area contributed by atoms with Crippen LogP contribution < -0.4 is 4.74 Å². The summed E-state index contributed by atoms with van der Waals surface area (Å²) in [6.07, 6.45) is 3.69. The third-order valence-corrected chi connectivity index (χ3v) is 3.60. The molecule has 21 heavy (non-hydrogen) atoms. The Hall–Kier alpha value is -1.26. The first-order valence-electron chi connectivity index (χ1n) is 7.27. The lowest BCUT2D eigenvalue weighted by molar-refractivity contribution is 0.0233. The Morgan fingerprint density at radius 3 is 2.57 bits per heavy atom. The van der Waals surface area contributed by atoms with Gasteiger partial charge in [-0.1, -0.05) is 18.6 Å². The largest absolute Gasteiger partial charge is 0.496 e. The van der Waals surface area contributed by atoms with Gasteiger partial charge in [-0.2, -0.15) is 0 Å². The van der Waals surface area contributed by atoms with E-state index in [1.807, 2.05) is 19.1 Å². The highest BCUT2D eigenvalue weighted by atomic mass is 35.5. The number of methoxy groups -OCH3 is 1. The number of benzene rings is 1. The number of rotatable bonds is 5. The van der Waals surface area contributed by atoms with Crippen LogP contribution in [0.5, 0.6) is 5.75 Å². The van der Waals surface area contributed by atoms with Crippen LogP contribution in [0, 0.1) is 0 Å². The molecule has 2 rings (SSSR count). The molecule has 0 aromatic heterocycles. The van der Waals surface area contributed by atoms with Crippen LogP contribution in [0.2, 0.25) is 0 Å². The zero-order chi connectivity index (χ0) is 14.4. The van der Waals surface area contributed by atoms with Crippen LogP contribution in [-0.4, -0.2) is 43.7 Å². The smallest absolute Gasteiger partial charge is 0.342 e. The molecular formula is C16H24ClNO3. The van der Waals surface area contributed by atoms with Crippen LogP contribution in [0.3, 0.4) is 0 Å². The van der Waals surface area contributed by atoms with Crippen LogP contribution in [0.25, 0.3) is 0 Å². The first-order chi connectivity index (χ1) is 9.70. The highest BCUT2D eigenvalue weighted by Gasteiger charge is 2.19. The van der Waals surface area contributed by atoms with Gasteiger partial charge in [0.2, 0.25) is 0 Å². The molecule has 0 aliphatic carbocycles. The molecule has 1 aromatic rings. The van der Waals surface area contributed by atoms with Gasteiger partial charge < -0.3 is 9.47 Å². The second kappa shape index (κ2) is 8.90. The molecule has 4 nitrogen and oxygen atoms in total. The van der Waals surface area contributed by atoms with E-state index < -0.39 is 0 Å². The first-order valence-corrected chi connectivity index (χ1v) is 7.27. The summed E-state index contributed by atoms with van der Waals surface area (Å²) in [6, 6.07) is 7.15. The number of piperidine rings is 1. The molecule has 1 saturated heterocycles. The maximum absolute atomic E-state index is 12.2. The number of carbonyl (C=O) groups is 1. The Morgan fingerprint density at radius 1 is 1.24 bits per heavy atom. The predicted octanol–water partition coefficient (Wildman–Crippen LogP) is 3.15. The molecule has 1 aliphatic heterocycles. The molecule has 0 bridgehead atoms. The summed E-state index contributed by atoms with van der Waals surface area (Å²) in [5.74, 6) is 0.245. The fourth-order valence-electron chi connectivity index (χ4n) is 2.60. The van der Waals surface area contributed by atoms with Crippen molar-refractivity contribution in [3.8, 4) is 5.75 Å². The van der Waals surface area contributed by atoms with Crippen molar-refractivity contribution in [2.45, 2.75) is 32.3 Å². The Kier molecular flexibility index (Phi) is 7.54. The van der Waals surface area contributed by atoms with Crippen molar-refractivity contribution < 1.29 is 14.3 Å². The zero-order valence-electron chi connectivity index (χ0n) is 12.7. The number of hydrogen-bond donors (Lipinski definition) is 0. The highest BCUT2D eigenvalue weighted by Crippen LogP contribution is 2.19. The zero-order valence-corrected chi connectivity index (χ0v) is 13.5. The second-order valence-electron chi connectivity index (χ2n) is 5.28. The number of nitrogens with zero attached hydrogens (tertiary/aromatic N) is 1. The Labute approximate surface area is 132 Å². The molecule has 1 unspecified atom stereocenters. The summed E-state index contributed by atoms with van der Waals surface area (Å²) in [6.45, 7) is 4.97. The van der Waals surface area contributed by atoms with Crippen molar-refractivity contribution in [3.63, 3.8) is 0 Å². The molecule has 1 aliphatic rings. The normalized spacial score (nSPS) is 16.7. The van der Waals surface area contributed by atoms with Crippen molar-refractivity contribution in [2.24, 2.45) is 0 Å². The predicted molar refractivity (Wildman–Crippen MR) is 85.4 cm³/mol. The van der Waals surface area contributed by atoms with Gasteiger partial charge in [0.05, 0.1) is 7.11 Å². The number of ether oxygens (including phenoxy) is 2. The molecule has 0 amide bonds. The Morgan fingerprint density at radius 2 is 1.90 bits per heavy atom. The minimum Gasteiger partial charge on any atom is -0.496 e. The van der Waals surface area contributed by atoms with E-state index >= 15 is 0 Å². The van der Waals surface area contributed by atoms with Crippen LogP contribution in [-0.2, 0) is 4.74 Å². The minimum absolute atomic E-state index is 0. The van der Waals surface area contributed by atoms with E-state index in [0.29, 0.717) is 11.3 Å². The third kappa shape index (κ3) is 5.21. The lowest BCUT2D eigenvalue weighted by Crippen LogP contribution is -2.37. The third-order valence-electron chi connectivity index (χ3n) is 3.60. The van der Waals surface area contributed by atoms with E-state index in [2.05, 4.69) is 4.90 Å². The number of esters is 1. The molecule has 0 radical (unpaired) electrons. The number of carbonyl (C=O) groups excluding carboxylic acids is 1. The Balaban J connectivity index is 0.00000220. The van der Waals surface area contributed by atoms with Crippen LogP contribution >= 0.6 is 12.4 Å². The standard InChI is InChI=1S/C16H23NO3.ClH/c1-13(12-17-10-6-3-7-11-17)20-16(18)14-8-4-5-9-15(14)19-2;/h4-5,8-9,13H,3,6-7,10-12H2,1-2H3;1H. The van der Waals surface area contributed by atoms with Gasteiger partial charge in [-0.3, -0.25) is 4.90 Å². The lowest BCUT2D eigenvalue weighted by Gasteiger charge is -2.28. The van der Waals surface area contributed by atoms with Gasteiger partial charge in [0, 0.05) is 6.54 Å². The number of hydrogen-bond acceptors (Lipinski definition) is 4. The summed E-state index contributed by atoms with van der Waals surface area (Å²) in [5, 5.41) is 0. The van der Waals surface area contributed by atoms with Gasteiger partial charge in [0.25, 0.3) is 0 Å². The first kappa shape index (κ1) is 17.8. The van der Waals surface area contributed by atoms with Gasteiger partial charge >= 0.3 is 5.97 Å². The molecule has 1 fully saturated rings. The maximum atomic E-state index is 12.2. The summed E-state index contributed by atoms with van der Waals surface area (Å²) >= 11 is 0. The molecule has 1 atom stereocenters. The molecule has 0 spiro atoms. The molecule has 1 heterocycles. The monoisotopic (exact) mass is 313 g/mol. The molecule has 0 N–H and O–H groups in total. The number of likely N-dealkylation sites (tertiary alicyclic amines) is 1. The molecule has 1 aromatic carbocycles. The second-order valence-corrected chi connectivity index (χ2v) is 5.28. The average molecular weight is 314 g/mol. The topological polar surface area (TPSA) is 38.8 Å². The van der Waals surface area contributed by atoms with Crippen molar-refractivity contribution in [1.29, 1.82) is 0 Å². The van der Waals surface area contributed by atoms with Gasteiger partial charge in [0.1, 0.15) is 17.4 Å². The summed E-state index contributed by atoms with van der Waals surface area (Å²) < 4.78 is 10.7.